The molecule has 0 aliphatic carbocycles. The molecule has 0 unspecified atom stereocenters. The summed E-state index contributed by atoms with van der Waals surface area (Å²) < 4.78 is 41.6. The van der Waals surface area contributed by atoms with Crippen LogP contribution in [0.5, 0.6) is 17.4 Å². The Labute approximate surface area is 181 Å². The third-order valence-corrected chi connectivity index (χ3v) is 5.23. The van der Waals surface area contributed by atoms with Crippen LogP contribution in [0.2, 0.25) is 0 Å². The first-order valence-corrected chi connectivity index (χ1v) is 10.3. The summed E-state index contributed by atoms with van der Waals surface area (Å²) in [5.41, 5.74) is 1.84. The lowest BCUT2D eigenvalue weighted by Crippen LogP contribution is -2.25. The molecule has 8 heteroatoms. The molecule has 2 aromatic rings. The van der Waals surface area contributed by atoms with Crippen LogP contribution < -0.4 is 19.1 Å². The Hall–Kier alpha value is -2.90. The van der Waals surface area contributed by atoms with Crippen molar-refractivity contribution >= 4 is 11.5 Å². The van der Waals surface area contributed by atoms with E-state index in [9.17, 15) is 13.6 Å². The number of hydrogen-bond donors (Lipinski definition) is 0. The number of pyridine rings is 1. The van der Waals surface area contributed by atoms with Gasteiger partial charge in [-0.2, -0.15) is 0 Å². The van der Waals surface area contributed by atoms with E-state index in [1.165, 1.54) is 13.3 Å². The number of Topliss-reactive ketones (excluding diaryl/α,β-unsaturated/α-hetero) is 1. The van der Waals surface area contributed by atoms with Crippen LogP contribution >= 0.6 is 0 Å². The number of ether oxygens (including phenoxy) is 3. The predicted octanol–water partition coefficient (Wildman–Crippen LogP) is 4.47. The van der Waals surface area contributed by atoms with Gasteiger partial charge in [-0.05, 0) is 36.6 Å². The Morgan fingerprint density at radius 2 is 2.00 bits per heavy atom. The highest BCUT2D eigenvalue weighted by Gasteiger charge is 2.28. The Morgan fingerprint density at radius 1 is 1.26 bits per heavy atom. The lowest BCUT2D eigenvalue weighted by molar-refractivity contribution is -0.117. The van der Waals surface area contributed by atoms with Crippen molar-refractivity contribution in [2.75, 3.05) is 31.7 Å². The molecule has 6 nitrogen and oxygen atoms in total. The fourth-order valence-corrected chi connectivity index (χ4v) is 3.76. The number of nitrogens with zero attached hydrogens (tertiary/aromatic N) is 2. The third-order valence-electron chi connectivity index (χ3n) is 5.23. The summed E-state index contributed by atoms with van der Waals surface area (Å²) in [5.74, 6) is 1.52. The first-order valence-electron chi connectivity index (χ1n) is 10.3. The van der Waals surface area contributed by atoms with E-state index in [1.54, 1.807) is 13.0 Å². The van der Waals surface area contributed by atoms with Crippen molar-refractivity contribution in [3.05, 3.63) is 42.1 Å². The summed E-state index contributed by atoms with van der Waals surface area (Å²) in [7, 11) is 1.47. The van der Waals surface area contributed by atoms with Crippen LogP contribution in [0.4, 0.5) is 14.5 Å². The number of alkyl halides is 2. The molecule has 0 bridgehead atoms. The Kier molecular flexibility index (Phi) is 7.65. The van der Waals surface area contributed by atoms with Crippen LogP contribution in [-0.4, -0.2) is 50.1 Å². The highest BCUT2D eigenvalue weighted by Crippen LogP contribution is 2.37. The topological polar surface area (TPSA) is 60.9 Å². The first kappa shape index (κ1) is 22.8. The number of methoxy groups -OCH3 is 1. The lowest BCUT2D eigenvalue weighted by Gasteiger charge is -2.22. The number of halogens is 2. The summed E-state index contributed by atoms with van der Waals surface area (Å²) in [5, 5.41) is 0. The summed E-state index contributed by atoms with van der Waals surface area (Å²) in [6, 6.07) is 9.62. The molecule has 1 aliphatic heterocycles. The largest absolute Gasteiger partial charge is 0.490 e. The summed E-state index contributed by atoms with van der Waals surface area (Å²) >= 11 is 0. The van der Waals surface area contributed by atoms with Crippen molar-refractivity contribution < 1.29 is 27.8 Å². The van der Waals surface area contributed by atoms with E-state index in [2.05, 4.69) is 9.88 Å². The number of rotatable bonds is 10. The van der Waals surface area contributed by atoms with Gasteiger partial charge in [0.2, 0.25) is 5.75 Å². The van der Waals surface area contributed by atoms with Crippen molar-refractivity contribution in [2.24, 2.45) is 0 Å². The fraction of sp³-hybridized carbons (Fsp3) is 0.478. The normalized spacial score (nSPS) is 17.0. The molecule has 3 rings (SSSR count). The number of aromatic nitrogens is 1. The van der Waals surface area contributed by atoms with E-state index in [4.69, 9.17) is 14.2 Å². The molecule has 2 atom stereocenters. The molecule has 0 saturated carbocycles. The molecule has 1 aliphatic rings. The maximum absolute atomic E-state index is 12.5. The van der Waals surface area contributed by atoms with Gasteiger partial charge in [0.1, 0.15) is 17.6 Å². The van der Waals surface area contributed by atoms with E-state index in [0.29, 0.717) is 18.7 Å². The molecule has 168 valence electrons. The zero-order valence-corrected chi connectivity index (χ0v) is 18.0. The van der Waals surface area contributed by atoms with Gasteiger partial charge in [0.05, 0.1) is 19.3 Å². The molecule has 0 N–H and O–H groups in total. The maximum atomic E-state index is 12.5. The van der Waals surface area contributed by atoms with Gasteiger partial charge in [-0.1, -0.05) is 19.1 Å². The Morgan fingerprint density at radius 3 is 2.65 bits per heavy atom. The summed E-state index contributed by atoms with van der Waals surface area (Å²) in [6.07, 6.45) is 0.240. The monoisotopic (exact) mass is 434 g/mol. The van der Waals surface area contributed by atoms with Gasteiger partial charge in [0.15, 0.2) is 6.61 Å². The molecule has 1 fully saturated rings. The molecule has 0 spiro atoms. The van der Waals surface area contributed by atoms with Gasteiger partial charge in [-0.15, -0.1) is 0 Å². The molecular weight excluding hydrogens is 406 g/mol. The van der Waals surface area contributed by atoms with Gasteiger partial charge in [-0.25, -0.2) is 13.8 Å². The van der Waals surface area contributed by atoms with Crippen LogP contribution in [-0.2, 0) is 4.79 Å². The van der Waals surface area contributed by atoms with E-state index >= 15 is 0 Å². The van der Waals surface area contributed by atoms with Crippen LogP contribution in [0.25, 0.3) is 0 Å². The minimum absolute atomic E-state index is 0.0243. The fourth-order valence-electron chi connectivity index (χ4n) is 3.76. The molecule has 0 amide bonds. The Balaban J connectivity index is 1.63. The number of carbonyl (C=O) groups is 1. The number of carbonyl (C=O) groups excluding carboxylic acids is 1. The van der Waals surface area contributed by atoms with E-state index < -0.39 is 13.0 Å². The zero-order valence-electron chi connectivity index (χ0n) is 18.0. The number of benzene rings is 1. The van der Waals surface area contributed by atoms with Crippen molar-refractivity contribution in [1.29, 1.82) is 0 Å². The van der Waals surface area contributed by atoms with Crippen LogP contribution in [0.1, 0.15) is 38.2 Å². The second-order valence-electron chi connectivity index (χ2n) is 7.72. The molecule has 1 aromatic carbocycles. The van der Waals surface area contributed by atoms with Gasteiger partial charge >= 0.3 is 0 Å². The van der Waals surface area contributed by atoms with E-state index in [0.717, 1.165) is 30.0 Å². The van der Waals surface area contributed by atoms with Gasteiger partial charge in [-0.3, -0.25) is 0 Å². The van der Waals surface area contributed by atoms with Gasteiger partial charge in [0.25, 0.3) is 12.3 Å². The minimum atomic E-state index is -2.59. The summed E-state index contributed by atoms with van der Waals surface area (Å²) in [4.78, 5) is 17.4. The average Bonchev–Trinajstić information content (AvgIpc) is 3.20. The minimum Gasteiger partial charge on any atom is -0.490 e. The smallest absolute Gasteiger partial charge is 0.272 e. The second kappa shape index (κ2) is 10.4. The van der Waals surface area contributed by atoms with Crippen LogP contribution in [0.15, 0.2) is 36.5 Å². The molecular formula is C23H28F2N2O4. The van der Waals surface area contributed by atoms with E-state index in [1.807, 2.05) is 31.2 Å². The molecule has 2 heterocycles. The van der Waals surface area contributed by atoms with Crippen molar-refractivity contribution in [3.63, 3.8) is 0 Å². The lowest BCUT2D eigenvalue weighted by atomic mass is 9.96. The summed E-state index contributed by atoms with van der Waals surface area (Å²) in [6.45, 7) is 4.25. The first-order chi connectivity index (χ1) is 14.9. The predicted molar refractivity (Wildman–Crippen MR) is 114 cm³/mol. The molecule has 1 aromatic heterocycles. The van der Waals surface area contributed by atoms with Gasteiger partial charge in [0, 0.05) is 25.6 Å². The van der Waals surface area contributed by atoms with Crippen molar-refractivity contribution in [2.45, 2.75) is 45.1 Å². The SMILES string of the molecule is COc1c(N2CC[C@@H](Oc3ccc([C@H](C)CC(C)=O)cc3)C2)ccnc1OCC(F)F. The highest BCUT2D eigenvalue weighted by molar-refractivity contribution is 5.76. The van der Waals surface area contributed by atoms with Crippen molar-refractivity contribution in [1.82, 2.24) is 4.98 Å². The van der Waals surface area contributed by atoms with Crippen molar-refractivity contribution in [3.8, 4) is 17.4 Å². The van der Waals surface area contributed by atoms with Crippen LogP contribution in [0.3, 0.4) is 0 Å². The number of anilines is 1. The van der Waals surface area contributed by atoms with Gasteiger partial charge < -0.3 is 23.9 Å². The number of hydrogen-bond acceptors (Lipinski definition) is 6. The quantitative estimate of drug-likeness (QED) is 0.550. The number of ketones is 1. The highest BCUT2D eigenvalue weighted by atomic mass is 19.3. The standard InChI is InChI=1S/C23H28F2N2O4/c1-15(12-16(2)28)17-4-6-18(7-5-17)31-19-9-11-27(13-19)20-8-10-26-23(22(20)29-3)30-14-21(24)25/h4-8,10,15,19,21H,9,11-14H2,1-3H3/t15-,19-/m1/s1. The average molecular weight is 434 g/mol. The zero-order chi connectivity index (χ0) is 22.4. The molecule has 31 heavy (non-hydrogen) atoms. The maximum Gasteiger partial charge on any atom is 0.272 e. The molecule has 1 saturated heterocycles. The Bertz CT molecular complexity index is 876. The second-order valence-corrected chi connectivity index (χ2v) is 7.72. The molecule has 0 radical (unpaired) electrons. The van der Waals surface area contributed by atoms with E-state index in [-0.39, 0.29) is 23.7 Å². The van der Waals surface area contributed by atoms with Crippen LogP contribution in [0, 0.1) is 0 Å². The third kappa shape index (κ3) is 6.06.